The summed E-state index contributed by atoms with van der Waals surface area (Å²) in [5, 5.41) is 0.772. The zero-order valence-electron chi connectivity index (χ0n) is 19.5. The highest BCUT2D eigenvalue weighted by Crippen LogP contribution is 2.25. The van der Waals surface area contributed by atoms with E-state index in [0.29, 0.717) is 6.61 Å². The second kappa shape index (κ2) is 13.0. The van der Waals surface area contributed by atoms with Crippen molar-refractivity contribution >= 4 is 17.7 Å². The van der Waals surface area contributed by atoms with Crippen molar-refractivity contribution in [1.82, 2.24) is 15.3 Å². The van der Waals surface area contributed by atoms with Crippen molar-refractivity contribution in [2.24, 2.45) is 0 Å². The van der Waals surface area contributed by atoms with Crippen molar-refractivity contribution in [3.63, 3.8) is 0 Å². The number of hydroxylamine groups is 1. The smallest absolute Gasteiger partial charge is 0.0758 e. The largest absolute Gasteiger partial charge is 0.301 e. The fraction of sp³-hybridized carbons (Fsp3) is 0.429. The molecule has 33 heavy (non-hydrogen) atoms. The Balaban J connectivity index is 1.17. The third kappa shape index (κ3) is 8.01. The maximum absolute atomic E-state index is 6.17. The van der Waals surface area contributed by atoms with Crippen LogP contribution in [0.1, 0.15) is 43.2 Å². The molecule has 0 unspecified atom stereocenters. The maximum Gasteiger partial charge on any atom is 0.0758 e. The van der Waals surface area contributed by atoms with E-state index >= 15 is 0 Å². The molecule has 4 rings (SSSR count). The molecule has 2 aliphatic rings. The van der Waals surface area contributed by atoms with Gasteiger partial charge in [0.15, 0.2) is 0 Å². The molecule has 2 aromatic carbocycles. The van der Waals surface area contributed by atoms with E-state index in [1.807, 2.05) is 18.2 Å². The molecule has 1 aliphatic heterocycles. The Labute approximate surface area is 203 Å². The highest BCUT2D eigenvalue weighted by Gasteiger charge is 2.16. The van der Waals surface area contributed by atoms with Gasteiger partial charge in [0.2, 0.25) is 0 Å². The van der Waals surface area contributed by atoms with E-state index < -0.39 is 0 Å². The van der Waals surface area contributed by atoms with Crippen molar-refractivity contribution in [2.75, 3.05) is 39.3 Å². The molecule has 176 valence electrons. The van der Waals surface area contributed by atoms with Gasteiger partial charge in [0.05, 0.1) is 12.3 Å². The summed E-state index contributed by atoms with van der Waals surface area (Å²) < 4.78 is 0. The summed E-state index contributed by atoms with van der Waals surface area (Å²) in [5.41, 5.74) is 8.20. The number of rotatable bonds is 9. The second-order valence-electron chi connectivity index (χ2n) is 9.00. The number of benzene rings is 2. The zero-order valence-corrected chi connectivity index (χ0v) is 20.3. The van der Waals surface area contributed by atoms with Crippen LogP contribution >= 0.6 is 11.6 Å². The van der Waals surface area contributed by atoms with E-state index in [1.165, 1.54) is 24.0 Å². The second-order valence-corrected chi connectivity index (χ2v) is 9.43. The third-order valence-corrected chi connectivity index (χ3v) is 6.64. The van der Waals surface area contributed by atoms with E-state index in [-0.39, 0.29) is 0 Å². The first-order chi connectivity index (χ1) is 16.3. The summed E-state index contributed by atoms with van der Waals surface area (Å²) in [6.45, 7) is 7.41. The van der Waals surface area contributed by atoms with Crippen LogP contribution in [0, 0.1) is 0 Å². The van der Waals surface area contributed by atoms with Crippen molar-refractivity contribution in [1.29, 1.82) is 0 Å². The lowest BCUT2D eigenvalue weighted by atomic mass is 10.0. The molecule has 1 heterocycles. The van der Waals surface area contributed by atoms with Crippen molar-refractivity contribution in [3.8, 4) is 0 Å². The van der Waals surface area contributed by atoms with Crippen molar-refractivity contribution < 1.29 is 4.84 Å². The summed E-state index contributed by atoms with van der Waals surface area (Å²) in [5.74, 6) is 0. The SMILES string of the molecule is Clc1cccc(C=C2CCCCC=C2NOCCCN2CCN(Cc3ccccc3)CC2)c1. The lowest BCUT2D eigenvalue weighted by Crippen LogP contribution is -2.46. The number of nitrogens with zero attached hydrogens (tertiary/aromatic N) is 2. The average molecular weight is 466 g/mol. The Morgan fingerprint density at radius 1 is 0.939 bits per heavy atom. The zero-order chi connectivity index (χ0) is 22.7. The Bertz CT molecular complexity index is 920. The normalized spacial score (nSPS) is 19.3. The Morgan fingerprint density at radius 3 is 2.58 bits per heavy atom. The summed E-state index contributed by atoms with van der Waals surface area (Å²) in [6.07, 6.45) is 10.1. The summed E-state index contributed by atoms with van der Waals surface area (Å²) in [7, 11) is 0. The Morgan fingerprint density at radius 2 is 1.76 bits per heavy atom. The van der Waals surface area contributed by atoms with Gasteiger partial charge in [-0.3, -0.25) is 15.2 Å². The van der Waals surface area contributed by atoms with Crippen LogP contribution < -0.4 is 5.48 Å². The van der Waals surface area contributed by atoms with Gasteiger partial charge < -0.3 is 4.90 Å². The van der Waals surface area contributed by atoms with E-state index in [0.717, 1.165) is 74.8 Å². The summed E-state index contributed by atoms with van der Waals surface area (Å²) >= 11 is 6.17. The lowest BCUT2D eigenvalue weighted by molar-refractivity contribution is 0.0508. The molecule has 2 aromatic rings. The van der Waals surface area contributed by atoms with Gasteiger partial charge in [-0.2, -0.15) is 0 Å². The minimum Gasteiger partial charge on any atom is -0.301 e. The van der Waals surface area contributed by atoms with Crippen LogP contribution in [-0.4, -0.2) is 49.1 Å². The van der Waals surface area contributed by atoms with Gasteiger partial charge in [0, 0.05) is 44.3 Å². The maximum atomic E-state index is 6.17. The number of piperazine rings is 1. The van der Waals surface area contributed by atoms with E-state index in [2.05, 4.69) is 63.8 Å². The van der Waals surface area contributed by atoms with Crippen molar-refractivity contribution in [3.05, 3.63) is 88.1 Å². The molecule has 5 heteroatoms. The van der Waals surface area contributed by atoms with Crippen LogP contribution in [0.4, 0.5) is 0 Å². The van der Waals surface area contributed by atoms with E-state index in [9.17, 15) is 0 Å². The molecule has 0 spiro atoms. The Kier molecular flexibility index (Phi) is 9.43. The van der Waals surface area contributed by atoms with Crippen LogP contribution in [0.5, 0.6) is 0 Å². The molecule has 0 saturated carbocycles. The van der Waals surface area contributed by atoms with Crippen LogP contribution in [0.25, 0.3) is 6.08 Å². The molecule has 4 nitrogen and oxygen atoms in total. The van der Waals surface area contributed by atoms with Gasteiger partial charge >= 0.3 is 0 Å². The highest BCUT2D eigenvalue weighted by molar-refractivity contribution is 6.30. The fourth-order valence-corrected chi connectivity index (χ4v) is 4.73. The van der Waals surface area contributed by atoms with E-state index in [1.54, 1.807) is 0 Å². The standard InChI is InChI=1S/C28H36ClN3O/c29-27-13-7-11-25(22-27)21-26-12-5-2-6-14-28(26)30-33-20-8-15-31-16-18-32(19-17-31)23-24-9-3-1-4-10-24/h1,3-4,7,9-11,13-14,21-22,30H,2,5-6,8,12,15-20,23H2. The molecule has 0 bridgehead atoms. The van der Waals surface area contributed by atoms with Gasteiger partial charge in [-0.15, -0.1) is 0 Å². The molecule has 1 fully saturated rings. The monoisotopic (exact) mass is 465 g/mol. The number of nitrogens with one attached hydrogen (secondary N) is 1. The lowest BCUT2D eigenvalue weighted by Gasteiger charge is -2.34. The molecular weight excluding hydrogens is 430 g/mol. The number of halogens is 1. The molecule has 0 atom stereocenters. The molecular formula is C28H36ClN3O. The fourth-order valence-electron chi connectivity index (χ4n) is 4.53. The molecule has 1 N–H and O–H groups in total. The predicted molar refractivity (Wildman–Crippen MR) is 138 cm³/mol. The topological polar surface area (TPSA) is 27.7 Å². The van der Waals surface area contributed by atoms with Gasteiger partial charge in [-0.05, 0) is 67.0 Å². The van der Waals surface area contributed by atoms with Gasteiger partial charge in [-0.25, -0.2) is 0 Å². The molecule has 0 radical (unpaired) electrons. The molecule has 0 aromatic heterocycles. The highest BCUT2D eigenvalue weighted by atomic mass is 35.5. The molecule has 1 aliphatic carbocycles. The minimum absolute atomic E-state index is 0.714. The van der Waals surface area contributed by atoms with E-state index in [4.69, 9.17) is 16.4 Å². The predicted octanol–water partition coefficient (Wildman–Crippen LogP) is 5.91. The Hall–Kier alpha value is -2.11. The number of hydrogen-bond acceptors (Lipinski definition) is 4. The molecule has 0 amide bonds. The van der Waals surface area contributed by atoms with Crippen LogP contribution in [0.3, 0.4) is 0 Å². The first-order valence-corrected chi connectivity index (χ1v) is 12.7. The first-order valence-electron chi connectivity index (χ1n) is 12.3. The summed E-state index contributed by atoms with van der Waals surface area (Å²) in [6, 6.07) is 18.8. The number of allylic oxidation sites excluding steroid dienone is 2. The number of hydrogen-bond donors (Lipinski definition) is 1. The quantitative estimate of drug-likeness (QED) is 0.368. The molecule has 1 saturated heterocycles. The van der Waals surface area contributed by atoms with Crippen LogP contribution in [-0.2, 0) is 11.4 Å². The van der Waals surface area contributed by atoms with Gasteiger partial charge in [0.1, 0.15) is 0 Å². The van der Waals surface area contributed by atoms with Crippen LogP contribution in [0.2, 0.25) is 5.02 Å². The van der Waals surface area contributed by atoms with Crippen molar-refractivity contribution in [2.45, 2.75) is 38.6 Å². The summed E-state index contributed by atoms with van der Waals surface area (Å²) in [4.78, 5) is 11.0. The van der Waals surface area contributed by atoms with Gasteiger partial charge in [-0.1, -0.05) is 60.1 Å². The minimum atomic E-state index is 0.714. The van der Waals surface area contributed by atoms with Crippen LogP contribution in [0.15, 0.2) is 71.9 Å². The average Bonchev–Trinajstić information content (AvgIpc) is 3.06. The first kappa shape index (κ1) is 24.0. The van der Waals surface area contributed by atoms with Gasteiger partial charge in [0.25, 0.3) is 0 Å². The third-order valence-electron chi connectivity index (χ3n) is 6.40.